The zero-order valence-corrected chi connectivity index (χ0v) is 10.1. The van der Waals surface area contributed by atoms with Crippen LogP contribution in [-0.4, -0.2) is 16.6 Å². The smallest absolute Gasteiger partial charge is 0.138 e. The van der Waals surface area contributed by atoms with Crippen LogP contribution in [-0.2, 0) is 6.54 Å². The SMILES string of the molecule is CCC1(CNCc2nc(C)ccc2O)CC1. The van der Waals surface area contributed by atoms with Gasteiger partial charge in [0.1, 0.15) is 5.75 Å². The van der Waals surface area contributed by atoms with Crippen molar-refractivity contribution < 1.29 is 5.11 Å². The van der Waals surface area contributed by atoms with E-state index in [1.807, 2.05) is 13.0 Å². The van der Waals surface area contributed by atoms with Gasteiger partial charge in [-0.2, -0.15) is 0 Å². The number of aryl methyl sites for hydroxylation is 1. The predicted octanol–water partition coefficient (Wildman–Crippen LogP) is 2.38. The Kier molecular flexibility index (Phi) is 3.15. The Morgan fingerprint density at radius 3 is 2.81 bits per heavy atom. The molecule has 0 saturated heterocycles. The van der Waals surface area contributed by atoms with Crippen LogP contribution < -0.4 is 5.32 Å². The highest BCUT2D eigenvalue weighted by Crippen LogP contribution is 2.47. The van der Waals surface area contributed by atoms with Gasteiger partial charge in [-0.25, -0.2) is 0 Å². The van der Waals surface area contributed by atoms with Crippen molar-refractivity contribution in [2.24, 2.45) is 5.41 Å². The maximum absolute atomic E-state index is 9.63. The lowest BCUT2D eigenvalue weighted by molar-refractivity contribution is 0.428. The normalized spacial score (nSPS) is 17.4. The number of rotatable bonds is 5. The van der Waals surface area contributed by atoms with Crippen molar-refractivity contribution in [1.29, 1.82) is 0 Å². The third-order valence-electron chi connectivity index (χ3n) is 3.59. The minimum absolute atomic E-state index is 0.291. The molecule has 0 radical (unpaired) electrons. The topological polar surface area (TPSA) is 45.2 Å². The maximum atomic E-state index is 9.63. The molecular weight excluding hydrogens is 200 g/mol. The first kappa shape index (κ1) is 11.4. The second-order valence-corrected chi connectivity index (χ2v) is 4.88. The second-order valence-electron chi connectivity index (χ2n) is 4.88. The van der Waals surface area contributed by atoms with Gasteiger partial charge in [0.25, 0.3) is 0 Å². The fourth-order valence-corrected chi connectivity index (χ4v) is 2.01. The fraction of sp³-hybridized carbons (Fsp3) is 0.615. The van der Waals surface area contributed by atoms with Crippen molar-refractivity contribution in [3.05, 3.63) is 23.5 Å². The lowest BCUT2D eigenvalue weighted by Crippen LogP contribution is -2.23. The molecule has 1 aliphatic rings. The van der Waals surface area contributed by atoms with E-state index in [-0.39, 0.29) is 0 Å². The molecule has 1 fully saturated rings. The van der Waals surface area contributed by atoms with E-state index in [0.29, 0.717) is 17.7 Å². The summed E-state index contributed by atoms with van der Waals surface area (Å²) in [5, 5.41) is 13.0. The lowest BCUT2D eigenvalue weighted by Gasteiger charge is -2.13. The van der Waals surface area contributed by atoms with E-state index in [0.717, 1.165) is 17.9 Å². The largest absolute Gasteiger partial charge is 0.506 e. The summed E-state index contributed by atoms with van der Waals surface area (Å²) in [6.45, 7) is 5.89. The van der Waals surface area contributed by atoms with Gasteiger partial charge in [0, 0.05) is 18.8 Å². The van der Waals surface area contributed by atoms with Crippen molar-refractivity contribution in [2.45, 2.75) is 39.7 Å². The van der Waals surface area contributed by atoms with Gasteiger partial charge in [-0.3, -0.25) is 4.98 Å². The van der Waals surface area contributed by atoms with Gasteiger partial charge in [-0.05, 0) is 43.7 Å². The van der Waals surface area contributed by atoms with Crippen LogP contribution in [0.3, 0.4) is 0 Å². The molecule has 3 nitrogen and oxygen atoms in total. The molecule has 0 aliphatic heterocycles. The second kappa shape index (κ2) is 4.42. The zero-order chi connectivity index (χ0) is 11.6. The summed E-state index contributed by atoms with van der Waals surface area (Å²) < 4.78 is 0. The number of pyridine rings is 1. The molecule has 88 valence electrons. The van der Waals surface area contributed by atoms with Crippen molar-refractivity contribution in [1.82, 2.24) is 10.3 Å². The van der Waals surface area contributed by atoms with E-state index in [4.69, 9.17) is 0 Å². The summed E-state index contributed by atoms with van der Waals surface area (Å²) in [7, 11) is 0. The molecule has 1 aromatic heterocycles. The summed E-state index contributed by atoms with van der Waals surface area (Å²) in [5.41, 5.74) is 2.25. The average Bonchev–Trinajstić information content (AvgIpc) is 3.04. The van der Waals surface area contributed by atoms with Crippen LogP contribution in [0.25, 0.3) is 0 Å². The molecule has 1 aromatic rings. The summed E-state index contributed by atoms with van der Waals surface area (Å²) in [5.74, 6) is 0.291. The highest BCUT2D eigenvalue weighted by atomic mass is 16.3. The van der Waals surface area contributed by atoms with Crippen LogP contribution in [0.5, 0.6) is 5.75 Å². The van der Waals surface area contributed by atoms with E-state index in [9.17, 15) is 5.11 Å². The number of hydrogen-bond acceptors (Lipinski definition) is 3. The molecule has 16 heavy (non-hydrogen) atoms. The van der Waals surface area contributed by atoms with Crippen molar-refractivity contribution in [3.63, 3.8) is 0 Å². The minimum atomic E-state index is 0.291. The standard InChI is InChI=1S/C13H20N2O/c1-3-13(6-7-13)9-14-8-11-12(16)5-4-10(2)15-11/h4-5,14,16H,3,6-9H2,1-2H3. The van der Waals surface area contributed by atoms with Gasteiger partial charge in [-0.1, -0.05) is 6.92 Å². The Morgan fingerprint density at radius 1 is 1.44 bits per heavy atom. The third kappa shape index (κ3) is 2.53. The Hall–Kier alpha value is -1.09. The minimum Gasteiger partial charge on any atom is -0.506 e. The summed E-state index contributed by atoms with van der Waals surface area (Å²) in [4.78, 5) is 4.33. The Labute approximate surface area is 96.9 Å². The molecule has 0 aromatic carbocycles. The third-order valence-corrected chi connectivity index (χ3v) is 3.59. The van der Waals surface area contributed by atoms with E-state index >= 15 is 0 Å². The van der Waals surface area contributed by atoms with E-state index in [1.165, 1.54) is 19.3 Å². The van der Waals surface area contributed by atoms with Crippen LogP contribution in [0, 0.1) is 12.3 Å². The first-order valence-electron chi connectivity index (χ1n) is 6.01. The summed E-state index contributed by atoms with van der Waals surface area (Å²) in [6.07, 6.45) is 3.92. The van der Waals surface area contributed by atoms with Gasteiger partial charge < -0.3 is 10.4 Å². The molecule has 1 heterocycles. The van der Waals surface area contributed by atoms with Gasteiger partial charge >= 0.3 is 0 Å². The van der Waals surface area contributed by atoms with Crippen molar-refractivity contribution in [3.8, 4) is 5.75 Å². The molecule has 0 unspecified atom stereocenters. The Morgan fingerprint density at radius 2 is 2.19 bits per heavy atom. The first-order chi connectivity index (χ1) is 7.65. The van der Waals surface area contributed by atoms with Crippen molar-refractivity contribution in [2.75, 3.05) is 6.54 Å². The molecule has 1 aliphatic carbocycles. The molecule has 0 atom stereocenters. The van der Waals surface area contributed by atoms with Gasteiger partial charge in [-0.15, -0.1) is 0 Å². The van der Waals surface area contributed by atoms with Crippen LogP contribution in [0.2, 0.25) is 0 Å². The van der Waals surface area contributed by atoms with Crippen LogP contribution in [0.15, 0.2) is 12.1 Å². The highest BCUT2D eigenvalue weighted by molar-refractivity contribution is 5.27. The number of nitrogens with zero attached hydrogens (tertiary/aromatic N) is 1. The number of hydrogen-bond donors (Lipinski definition) is 2. The number of aromatic nitrogens is 1. The zero-order valence-electron chi connectivity index (χ0n) is 10.1. The quantitative estimate of drug-likeness (QED) is 0.800. The van der Waals surface area contributed by atoms with E-state index in [1.54, 1.807) is 6.07 Å². The summed E-state index contributed by atoms with van der Waals surface area (Å²) in [6, 6.07) is 3.54. The summed E-state index contributed by atoms with van der Waals surface area (Å²) >= 11 is 0. The molecular formula is C13H20N2O. The monoisotopic (exact) mass is 220 g/mol. The van der Waals surface area contributed by atoms with Crippen molar-refractivity contribution >= 4 is 0 Å². The van der Waals surface area contributed by atoms with Gasteiger partial charge in [0.15, 0.2) is 0 Å². The number of aromatic hydroxyl groups is 1. The fourth-order valence-electron chi connectivity index (χ4n) is 2.01. The molecule has 3 heteroatoms. The van der Waals surface area contributed by atoms with Gasteiger partial charge in [0.2, 0.25) is 0 Å². The first-order valence-corrected chi connectivity index (χ1v) is 6.01. The molecule has 0 amide bonds. The van der Waals surface area contributed by atoms with Gasteiger partial charge in [0.05, 0.1) is 5.69 Å². The highest BCUT2D eigenvalue weighted by Gasteiger charge is 2.39. The maximum Gasteiger partial charge on any atom is 0.138 e. The Balaban J connectivity index is 1.87. The van der Waals surface area contributed by atoms with E-state index < -0.39 is 0 Å². The van der Waals surface area contributed by atoms with E-state index in [2.05, 4.69) is 17.2 Å². The molecule has 2 rings (SSSR count). The molecule has 2 N–H and O–H groups in total. The van der Waals surface area contributed by atoms with Crippen LogP contribution in [0.4, 0.5) is 0 Å². The molecule has 1 saturated carbocycles. The average molecular weight is 220 g/mol. The predicted molar refractivity (Wildman–Crippen MR) is 64.3 cm³/mol. The lowest BCUT2D eigenvalue weighted by atomic mass is 10.0. The molecule has 0 spiro atoms. The number of nitrogens with one attached hydrogen (secondary N) is 1. The molecule has 0 bridgehead atoms. The Bertz CT molecular complexity index is 372. The van der Waals surface area contributed by atoms with Crippen LogP contribution >= 0.6 is 0 Å². The van der Waals surface area contributed by atoms with Crippen LogP contribution in [0.1, 0.15) is 37.6 Å².